The molecule has 3 aliphatic heterocycles. The van der Waals surface area contributed by atoms with Gasteiger partial charge in [-0.2, -0.15) is 5.10 Å². The fourth-order valence-electron chi connectivity index (χ4n) is 5.73. The van der Waals surface area contributed by atoms with E-state index < -0.39 is 5.97 Å². The number of rotatable bonds is 6. The third-order valence-corrected chi connectivity index (χ3v) is 7.81. The molecule has 0 bridgehead atoms. The fourth-order valence-corrected chi connectivity index (χ4v) is 5.73. The molecule has 2 aromatic heterocycles. The van der Waals surface area contributed by atoms with Crippen LogP contribution in [-0.2, 0) is 13.0 Å². The molecular formula is C30H31FN6O5. The number of hydrogen-bond donors (Lipinski definition) is 2. The molecular weight excluding hydrogens is 543 g/mol. The summed E-state index contributed by atoms with van der Waals surface area (Å²) < 4.78 is 27.2. The third kappa shape index (κ3) is 5.95. The van der Waals surface area contributed by atoms with E-state index in [9.17, 15) is 14.0 Å². The quantitative estimate of drug-likeness (QED) is 0.354. The van der Waals surface area contributed by atoms with Crippen molar-refractivity contribution in [2.75, 3.05) is 32.8 Å². The Kier molecular flexibility index (Phi) is 8.06. The summed E-state index contributed by atoms with van der Waals surface area (Å²) in [4.78, 5) is 29.3. The largest absolute Gasteiger partial charge is 0.484 e. The number of nitrogens with one attached hydrogen (secondary N) is 1. The van der Waals surface area contributed by atoms with Gasteiger partial charge in [-0.3, -0.25) is 4.79 Å². The SMILES string of the molecule is O=C(O)c1ccccc1.O=c1cnc2ccc(F)c3c2n1C(CN1CCC(NCc2cc4c(nn2)OCCO4)CC1)C3. The summed E-state index contributed by atoms with van der Waals surface area (Å²) in [6.45, 7) is 4.22. The number of hydrogen-bond acceptors (Lipinski definition) is 9. The molecule has 1 saturated heterocycles. The number of piperidine rings is 1. The molecule has 0 aliphatic carbocycles. The van der Waals surface area contributed by atoms with Crippen LogP contribution in [0.4, 0.5) is 4.39 Å². The first-order valence-electron chi connectivity index (χ1n) is 14.0. The molecule has 5 heterocycles. The minimum absolute atomic E-state index is 0.0626. The molecule has 218 valence electrons. The molecule has 1 fully saturated rings. The molecule has 7 rings (SSSR count). The lowest BCUT2D eigenvalue weighted by molar-refractivity contribution is 0.0697. The zero-order valence-corrected chi connectivity index (χ0v) is 22.9. The Morgan fingerprint density at radius 3 is 2.62 bits per heavy atom. The molecule has 0 radical (unpaired) electrons. The lowest BCUT2D eigenvalue weighted by Crippen LogP contribution is -2.44. The second-order valence-electron chi connectivity index (χ2n) is 10.5. The standard InChI is InChI=1S/C23H25FN6O3.C7H6O2/c24-18-1-2-19-22-17(18)10-16(30(22)21(31)12-26-19)13-29-5-3-14(4-6-29)25-11-15-9-20-23(28-27-15)33-8-7-32-20;8-7(9)6-4-2-1-3-5-6/h1-2,9,12,14,16,25H,3-8,10-11,13H2;1-5H,(H,8,9). The van der Waals surface area contributed by atoms with Crippen molar-refractivity contribution in [2.45, 2.75) is 37.9 Å². The Labute approximate surface area is 240 Å². The van der Waals surface area contributed by atoms with Crippen molar-refractivity contribution in [1.82, 2.24) is 30.0 Å². The van der Waals surface area contributed by atoms with Gasteiger partial charge in [-0.15, -0.1) is 5.10 Å². The summed E-state index contributed by atoms with van der Waals surface area (Å²) in [5.74, 6) is -0.0259. The molecule has 3 aliphatic rings. The molecule has 0 spiro atoms. The minimum atomic E-state index is -0.879. The monoisotopic (exact) mass is 574 g/mol. The van der Waals surface area contributed by atoms with Crippen LogP contribution in [0.15, 0.2) is 59.5 Å². The third-order valence-electron chi connectivity index (χ3n) is 7.81. The molecule has 2 N–H and O–H groups in total. The van der Waals surface area contributed by atoms with Gasteiger partial charge in [-0.25, -0.2) is 14.2 Å². The highest BCUT2D eigenvalue weighted by atomic mass is 19.1. The van der Waals surface area contributed by atoms with E-state index in [4.69, 9.17) is 14.6 Å². The van der Waals surface area contributed by atoms with Crippen molar-refractivity contribution in [3.63, 3.8) is 0 Å². The second kappa shape index (κ2) is 12.2. The first-order chi connectivity index (χ1) is 20.5. The summed E-state index contributed by atoms with van der Waals surface area (Å²) >= 11 is 0. The van der Waals surface area contributed by atoms with Crippen molar-refractivity contribution in [3.8, 4) is 11.6 Å². The minimum Gasteiger partial charge on any atom is -0.484 e. The Morgan fingerprint density at radius 2 is 1.86 bits per heavy atom. The number of fused-ring (bicyclic) bond motifs is 1. The number of carboxylic acid groups (broad SMARTS) is 1. The molecule has 4 aromatic rings. The van der Waals surface area contributed by atoms with Gasteiger partial charge in [0.15, 0.2) is 5.75 Å². The highest BCUT2D eigenvalue weighted by Gasteiger charge is 2.31. The summed E-state index contributed by atoms with van der Waals surface area (Å²) in [6.07, 6.45) is 3.86. The number of ether oxygens (including phenoxy) is 2. The smallest absolute Gasteiger partial charge is 0.335 e. The van der Waals surface area contributed by atoms with Gasteiger partial charge in [-0.05, 0) is 56.6 Å². The maximum atomic E-state index is 14.4. The van der Waals surface area contributed by atoms with Gasteiger partial charge in [-0.1, -0.05) is 18.2 Å². The topological polar surface area (TPSA) is 132 Å². The van der Waals surface area contributed by atoms with Crippen LogP contribution >= 0.6 is 0 Å². The fraction of sp³-hybridized carbons (Fsp3) is 0.367. The maximum absolute atomic E-state index is 14.4. The van der Waals surface area contributed by atoms with Crippen LogP contribution in [0.3, 0.4) is 0 Å². The van der Waals surface area contributed by atoms with Crippen LogP contribution in [0.25, 0.3) is 11.0 Å². The number of halogens is 1. The zero-order valence-electron chi connectivity index (χ0n) is 22.9. The van der Waals surface area contributed by atoms with Crippen molar-refractivity contribution in [2.24, 2.45) is 0 Å². The number of likely N-dealkylation sites (tertiary alicyclic amines) is 1. The second-order valence-corrected chi connectivity index (χ2v) is 10.5. The highest BCUT2D eigenvalue weighted by molar-refractivity contribution is 5.87. The zero-order chi connectivity index (χ0) is 29.1. The first-order valence-corrected chi connectivity index (χ1v) is 14.0. The van der Waals surface area contributed by atoms with Crippen molar-refractivity contribution in [1.29, 1.82) is 0 Å². The summed E-state index contributed by atoms with van der Waals surface area (Å²) in [7, 11) is 0. The number of carbonyl (C=O) groups is 1. The summed E-state index contributed by atoms with van der Waals surface area (Å²) in [5, 5.41) is 20.3. The molecule has 1 atom stereocenters. The van der Waals surface area contributed by atoms with Crippen molar-refractivity contribution < 1.29 is 23.8 Å². The van der Waals surface area contributed by atoms with Gasteiger partial charge < -0.3 is 29.4 Å². The number of aromatic nitrogens is 4. The van der Waals surface area contributed by atoms with Gasteiger partial charge in [0.2, 0.25) is 0 Å². The van der Waals surface area contributed by atoms with E-state index in [1.165, 1.54) is 12.3 Å². The Hall–Kier alpha value is -4.42. The predicted octanol–water partition coefficient (Wildman–Crippen LogP) is 2.83. The van der Waals surface area contributed by atoms with E-state index >= 15 is 0 Å². The predicted molar refractivity (Wildman–Crippen MR) is 151 cm³/mol. The maximum Gasteiger partial charge on any atom is 0.335 e. The van der Waals surface area contributed by atoms with E-state index in [0.717, 1.165) is 38.2 Å². The molecule has 0 saturated carbocycles. The van der Waals surface area contributed by atoms with E-state index in [1.54, 1.807) is 41.0 Å². The number of benzene rings is 2. The first kappa shape index (κ1) is 27.7. The molecule has 1 unspecified atom stereocenters. The van der Waals surface area contributed by atoms with E-state index in [2.05, 4.69) is 25.4 Å². The van der Waals surface area contributed by atoms with E-state index in [0.29, 0.717) is 66.0 Å². The molecule has 42 heavy (non-hydrogen) atoms. The van der Waals surface area contributed by atoms with E-state index in [1.807, 2.05) is 6.07 Å². The Morgan fingerprint density at radius 1 is 1.07 bits per heavy atom. The van der Waals surface area contributed by atoms with Crippen LogP contribution in [0.1, 0.15) is 40.5 Å². The van der Waals surface area contributed by atoms with Crippen LogP contribution < -0.4 is 20.3 Å². The Balaban J connectivity index is 0.000000302. The van der Waals surface area contributed by atoms with Crippen molar-refractivity contribution in [3.05, 3.63) is 87.7 Å². The van der Waals surface area contributed by atoms with Gasteiger partial charge in [0.05, 0.1) is 34.5 Å². The normalized spacial score (nSPS) is 18.0. The number of carboxylic acids is 1. The Bertz CT molecular complexity index is 1640. The van der Waals surface area contributed by atoms with Crippen molar-refractivity contribution >= 4 is 17.0 Å². The summed E-state index contributed by atoms with van der Waals surface area (Å²) in [6, 6.07) is 13.6. The van der Waals surface area contributed by atoms with Gasteiger partial charge >= 0.3 is 5.97 Å². The lowest BCUT2D eigenvalue weighted by atomic mass is 10.0. The van der Waals surface area contributed by atoms with Crippen LogP contribution in [-0.4, -0.2) is 74.6 Å². The van der Waals surface area contributed by atoms with E-state index in [-0.39, 0.29) is 17.4 Å². The highest BCUT2D eigenvalue weighted by Crippen LogP contribution is 2.32. The average molecular weight is 575 g/mol. The van der Waals surface area contributed by atoms with Crippen LogP contribution in [0, 0.1) is 5.82 Å². The number of nitrogens with zero attached hydrogens (tertiary/aromatic N) is 5. The summed E-state index contributed by atoms with van der Waals surface area (Å²) in [5.41, 5.74) is 2.95. The van der Waals surface area contributed by atoms with Gasteiger partial charge in [0.25, 0.3) is 11.4 Å². The van der Waals surface area contributed by atoms with Crippen LogP contribution in [0.2, 0.25) is 0 Å². The molecule has 12 heteroatoms. The molecule has 0 amide bonds. The molecule has 11 nitrogen and oxygen atoms in total. The van der Waals surface area contributed by atoms with Gasteiger partial charge in [0, 0.05) is 30.8 Å². The van der Waals surface area contributed by atoms with Gasteiger partial charge in [0.1, 0.15) is 19.0 Å². The van der Waals surface area contributed by atoms with Crippen LogP contribution in [0.5, 0.6) is 11.6 Å². The molecule has 2 aromatic carbocycles. The lowest BCUT2D eigenvalue weighted by Gasteiger charge is -2.34. The average Bonchev–Trinajstić information content (AvgIpc) is 3.41. The number of aromatic carboxylic acids is 1.